The highest BCUT2D eigenvalue weighted by molar-refractivity contribution is 6.85. The molecule has 0 spiro atoms. The van der Waals surface area contributed by atoms with E-state index in [1.807, 2.05) is 7.11 Å². The van der Waals surface area contributed by atoms with Crippen molar-refractivity contribution in [3.05, 3.63) is 0 Å². The highest BCUT2D eigenvalue weighted by Gasteiger charge is 2.50. The van der Waals surface area contributed by atoms with Crippen molar-refractivity contribution in [2.45, 2.75) is 128 Å². The fourth-order valence-corrected chi connectivity index (χ4v) is 8.29. The average molecular weight is 411 g/mol. The molecule has 1 aliphatic rings. The number of hydrogen-bond acceptors (Lipinski definition) is 3. The van der Waals surface area contributed by atoms with Crippen molar-refractivity contribution >= 4 is 14.3 Å². The van der Waals surface area contributed by atoms with E-state index >= 15 is 0 Å². The largest absolute Gasteiger partial charge is 0.382 e. The van der Waals surface area contributed by atoms with Gasteiger partial charge in [-0.05, 0) is 30.7 Å². The van der Waals surface area contributed by atoms with Gasteiger partial charge < -0.3 is 4.74 Å². The second-order valence-corrected chi connectivity index (χ2v) is 16.3. The number of rotatable bonds is 13. The van der Waals surface area contributed by atoms with E-state index in [1.54, 1.807) is 0 Å². The molecule has 0 bridgehead atoms. The average Bonchev–Trinajstić information content (AvgIpc) is 3.07. The van der Waals surface area contributed by atoms with Crippen LogP contribution in [0.1, 0.15) is 98.8 Å². The first-order chi connectivity index (χ1) is 13.1. The van der Waals surface area contributed by atoms with Crippen LogP contribution in [0.2, 0.25) is 23.2 Å². The molecule has 0 aromatic carbocycles. The standard InChI is InChI=1S/C24H50N2OSi/c1-9-11-12-13-14-15-18-24(10-2,28(7,8)23(3,4)5)21-25-26-19-16-17-22(26)20-27-6/h21-22H,9-20H2,1-8H3/b25-21+/t22-,24+/m0/s1. The molecule has 2 atom stereocenters. The molecule has 3 nitrogen and oxygen atoms in total. The lowest BCUT2D eigenvalue weighted by molar-refractivity contribution is 0.118. The zero-order valence-corrected chi connectivity index (χ0v) is 21.4. The van der Waals surface area contributed by atoms with Crippen LogP contribution < -0.4 is 0 Å². The van der Waals surface area contributed by atoms with Crippen LogP contribution in [0.5, 0.6) is 0 Å². The summed E-state index contributed by atoms with van der Waals surface area (Å²) in [5.74, 6) is 0. The minimum Gasteiger partial charge on any atom is -0.382 e. The first kappa shape index (κ1) is 25.7. The SMILES string of the molecule is CCCCCCCC[C@@](/C=N/N1CCC[C@H]1COC)(CC)[Si](C)(C)C(C)(C)C. The molecule has 1 aliphatic heterocycles. The Hall–Kier alpha value is -0.353. The van der Waals surface area contributed by atoms with Crippen LogP contribution in [-0.2, 0) is 4.74 Å². The topological polar surface area (TPSA) is 24.8 Å². The third kappa shape index (κ3) is 6.58. The summed E-state index contributed by atoms with van der Waals surface area (Å²) in [7, 11) is 0.231. The molecule has 0 N–H and O–H groups in total. The van der Waals surface area contributed by atoms with Crippen molar-refractivity contribution in [3.8, 4) is 0 Å². The Morgan fingerprint density at radius 2 is 1.71 bits per heavy atom. The lowest BCUT2D eigenvalue weighted by Gasteiger charge is -2.51. The molecule has 0 aromatic heterocycles. The molecular formula is C24H50N2OSi. The summed E-state index contributed by atoms with van der Waals surface area (Å²) >= 11 is 0. The van der Waals surface area contributed by atoms with E-state index in [1.165, 1.54) is 64.2 Å². The number of ether oxygens (including phenoxy) is 1. The molecule has 1 saturated heterocycles. The summed E-state index contributed by atoms with van der Waals surface area (Å²) in [6, 6.07) is 0.462. The fraction of sp³-hybridized carbons (Fsp3) is 0.958. The van der Waals surface area contributed by atoms with E-state index in [-0.39, 0.29) is 5.04 Å². The molecule has 0 saturated carbocycles. The number of hydrogen-bond donors (Lipinski definition) is 0. The zero-order chi connectivity index (χ0) is 21.3. The van der Waals surface area contributed by atoms with Gasteiger partial charge >= 0.3 is 0 Å². The summed E-state index contributed by atoms with van der Waals surface area (Å²) in [5, 5.41) is 8.10. The van der Waals surface area contributed by atoms with Gasteiger partial charge in [0.15, 0.2) is 0 Å². The minimum absolute atomic E-state index is 0.274. The van der Waals surface area contributed by atoms with Gasteiger partial charge in [-0.2, -0.15) is 5.10 Å². The van der Waals surface area contributed by atoms with Gasteiger partial charge in [-0.1, -0.05) is 86.2 Å². The normalized spacial score (nSPS) is 20.9. The maximum absolute atomic E-state index is 5.44. The molecular weight excluding hydrogens is 360 g/mol. The molecule has 166 valence electrons. The Morgan fingerprint density at radius 1 is 1.07 bits per heavy atom. The van der Waals surface area contributed by atoms with Crippen LogP contribution in [0.15, 0.2) is 5.10 Å². The molecule has 0 radical (unpaired) electrons. The Bertz CT molecular complexity index is 458. The van der Waals surface area contributed by atoms with Crippen LogP contribution in [0, 0.1) is 0 Å². The van der Waals surface area contributed by atoms with Gasteiger partial charge in [-0.3, -0.25) is 5.01 Å². The van der Waals surface area contributed by atoms with E-state index in [9.17, 15) is 0 Å². The van der Waals surface area contributed by atoms with E-state index in [0.29, 0.717) is 11.1 Å². The van der Waals surface area contributed by atoms with E-state index in [0.717, 1.165) is 13.2 Å². The second kappa shape index (κ2) is 11.7. The summed E-state index contributed by atoms with van der Waals surface area (Å²) in [6.07, 6.45) is 15.6. The molecule has 1 heterocycles. The number of hydrazone groups is 1. The number of methoxy groups -OCH3 is 1. The number of nitrogens with zero attached hydrogens (tertiary/aromatic N) is 2. The minimum atomic E-state index is -1.58. The maximum Gasteiger partial charge on any atom is 0.0704 e. The van der Waals surface area contributed by atoms with Gasteiger partial charge in [-0.25, -0.2) is 0 Å². The van der Waals surface area contributed by atoms with Crippen molar-refractivity contribution < 1.29 is 4.74 Å². The predicted molar refractivity (Wildman–Crippen MR) is 128 cm³/mol. The summed E-state index contributed by atoms with van der Waals surface area (Å²) < 4.78 is 5.44. The smallest absolute Gasteiger partial charge is 0.0704 e. The summed E-state index contributed by atoms with van der Waals surface area (Å²) in [5.41, 5.74) is 0. The van der Waals surface area contributed by atoms with Gasteiger partial charge in [0.25, 0.3) is 0 Å². The predicted octanol–water partition coefficient (Wildman–Crippen LogP) is 7.49. The third-order valence-corrected chi connectivity index (χ3v) is 14.9. The zero-order valence-electron chi connectivity index (χ0n) is 20.4. The first-order valence-electron chi connectivity index (χ1n) is 12.0. The van der Waals surface area contributed by atoms with Crippen LogP contribution in [-0.4, -0.2) is 45.6 Å². The van der Waals surface area contributed by atoms with Crippen molar-refractivity contribution in [2.75, 3.05) is 20.3 Å². The van der Waals surface area contributed by atoms with Crippen LogP contribution >= 0.6 is 0 Å². The van der Waals surface area contributed by atoms with Gasteiger partial charge in [0.1, 0.15) is 0 Å². The highest BCUT2D eigenvalue weighted by Crippen LogP contribution is 2.55. The van der Waals surface area contributed by atoms with Crippen molar-refractivity contribution in [1.29, 1.82) is 0 Å². The summed E-state index contributed by atoms with van der Waals surface area (Å²) in [6.45, 7) is 19.2. The van der Waals surface area contributed by atoms with Gasteiger partial charge in [0.2, 0.25) is 0 Å². The quantitative estimate of drug-likeness (QED) is 0.178. The Morgan fingerprint density at radius 3 is 2.29 bits per heavy atom. The highest BCUT2D eigenvalue weighted by atomic mass is 28.3. The lowest BCUT2D eigenvalue weighted by Crippen LogP contribution is -2.51. The molecule has 4 heteroatoms. The lowest BCUT2D eigenvalue weighted by atomic mass is 9.97. The molecule has 0 amide bonds. The van der Waals surface area contributed by atoms with Gasteiger partial charge in [0, 0.05) is 24.9 Å². The van der Waals surface area contributed by atoms with E-state index in [4.69, 9.17) is 9.84 Å². The molecule has 1 fully saturated rings. The van der Waals surface area contributed by atoms with Crippen molar-refractivity contribution in [2.24, 2.45) is 5.10 Å². The van der Waals surface area contributed by atoms with Crippen LogP contribution in [0.25, 0.3) is 0 Å². The van der Waals surface area contributed by atoms with E-state index < -0.39 is 8.07 Å². The van der Waals surface area contributed by atoms with Crippen LogP contribution in [0.3, 0.4) is 0 Å². The third-order valence-electron chi connectivity index (χ3n) is 7.89. The molecule has 0 aromatic rings. The molecule has 0 aliphatic carbocycles. The fourth-order valence-electron chi connectivity index (χ4n) is 4.74. The van der Waals surface area contributed by atoms with Gasteiger partial charge in [-0.15, -0.1) is 0 Å². The monoisotopic (exact) mass is 410 g/mol. The number of unbranched alkanes of at least 4 members (excludes halogenated alkanes) is 5. The summed E-state index contributed by atoms with van der Waals surface area (Å²) in [4.78, 5) is 0. The Kier molecular flexibility index (Phi) is 10.8. The van der Waals surface area contributed by atoms with Crippen molar-refractivity contribution in [1.82, 2.24) is 5.01 Å². The molecule has 28 heavy (non-hydrogen) atoms. The van der Waals surface area contributed by atoms with Crippen LogP contribution in [0.4, 0.5) is 0 Å². The van der Waals surface area contributed by atoms with Crippen molar-refractivity contribution in [3.63, 3.8) is 0 Å². The van der Waals surface area contributed by atoms with Gasteiger partial charge in [0.05, 0.1) is 20.7 Å². The second-order valence-electron chi connectivity index (χ2n) is 10.6. The Balaban J connectivity index is 2.97. The Labute approximate surface area is 177 Å². The molecule has 0 unspecified atom stereocenters. The van der Waals surface area contributed by atoms with E-state index in [2.05, 4.69) is 58.9 Å². The maximum atomic E-state index is 5.44. The molecule has 1 rings (SSSR count). The first-order valence-corrected chi connectivity index (χ1v) is 15.0.